The average molecular weight is 605 g/mol. The number of anilines is 1. The lowest BCUT2D eigenvalue weighted by Gasteiger charge is -2.14. The largest absolute Gasteiger partial charge is 0.355 e. The lowest BCUT2D eigenvalue weighted by molar-refractivity contribution is 0.0964. The zero-order valence-corrected chi connectivity index (χ0v) is 22.9. The van der Waals surface area contributed by atoms with E-state index < -0.39 is 11.8 Å². The smallest absolute Gasteiger partial charge is 0.274 e. The number of hydrogen-bond donors (Lipinski definition) is 2. The van der Waals surface area contributed by atoms with E-state index in [2.05, 4.69) is 46.8 Å². The molecular formula is C26H19BrClN9O2. The summed E-state index contributed by atoms with van der Waals surface area (Å²) in [5.74, 6) is -0.756. The summed E-state index contributed by atoms with van der Waals surface area (Å²) in [7, 11) is 1.47. The molecule has 0 bridgehead atoms. The predicted octanol–water partition coefficient (Wildman–Crippen LogP) is 4.27. The number of nitriles is 1. The summed E-state index contributed by atoms with van der Waals surface area (Å²) in [5, 5.41) is 28.5. The van der Waals surface area contributed by atoms with E-state index in [0.717, 1.165) is 4.47 Å². The van der Waals surface area contributed by atoms with Gasteiger partial charge < -0.3 is 10.6 Å². The molecule has 5 rings (SSSR count). The molecule has 2 amide bonds. The second kappa shape index (κ2) is 10.6. The maximum Gasteiger partial charge on any atom is 0.274 e. The van der Waals surface area contributed by atoms with Crippen LogP contribution in [0.15, 0.2) is 59.2 Å². The molecule has 2 N–H and O–H groups in total. The number of aromatic nitrogens is 6. The first-order valence-electron chi connectivity index (χ1n) is 11.6. The third-order valence-electron chi connectivity index (χ3n) is 5.79. The van der Waals surface area contributed by atoms with Crippen LogP contribution in [0.3, 0.4) is 0 Å². The summed E-state index contributed by atoms with van der Waals surface area (Å²) in [4.78, 5) is 32.0. The molecule has 5 aromatic rings. The third-order valence-corrected chi connectivity index (χ3v) is 6.58. The molecule has 0 fully saturated rings. The standard InChI is InChI=1S/C26H19BrClN9O2/c1-14-8-15(12-29)9-18(25(38)30-2)23(14)32-26(39)22-11-17(33-37(22)24-19(28)4-3-7-31-24)13-36-34-20-6-5-16(27)10-21(20)35-36/h3-11H,13H2,1-2H3,(H,30,38)(H,32,39). The minimum Gasteiger partial charge on any atom is -0.355 e. The Labute approximate surface area is 235 Å². The van der Waals surface area contributed by atoms with Crippen molar-refractivity contribution in [1.82, 2.24) is 35.1 Å². The molecule has 0 radical (unpaired) electrons. The van der Waals surface area contributed by atoms with Crippen molar-refractivity contribution in [1.29, 1.82) is 5.26 Å². The summed E-state index contributed by atoms with van der Waals surface area (Å²) >= 11 is 9.84. The van der Waals surface area contributed by atoms with Crippen LogP contribution in [0, 0.1) is 18.3 Å². The number of pyridine rings is 1. The highest BCUT2D eigenvalue weighted by Gasteiger charge is 2.23. The van der Waals surface area contributed by atoms with Crippen LogP contribution in [-0.2, 0) is 6.54 Å². The molecule has 0 atom stereocenters. The van der Waals surface area contributed by atoms with Gasteiger partial charge in [0.05, 0.1) is 33.6 Å². The number of aryl methyl sites for hydroxylation is 1. The molecule has 3 heterocycles. The van der Waals surface area contributed by atoms with Crippen LogP contribution in [0.4, 0.5) is 5.69 Å². The van der Waals surface area contributed by atoms with Gasteiger partial charge in [-0.1, -0.05) is 27.5 Å². The molecule has 0 aliphatic heterocycles. The number of amides is 2. The minimum atomic E-state index is -0.559. The molecule has 0 unspecified atom stereocenters. The number of nitrogens with one attached hydrogen (secondary N) is 2. The fourth-order valence-electron chi connectivity index (χ4n) is 4.02. The topological polar surface area (TPSA) is 143 Å². The van der Waals surface area contributed by atoms with Crippen molar-refractivity contribution in [3.05, 3.63) is 92.3 Å². The Kier molecular flexibility index (Phi) is 7.10. The highest BCUT2D eigenvalue weighted by molar-refractivity contribution is 9.10. The van der Waals surface area contributed by atoms with Gasteiger partial charge in [-0.15, -0.1) is 0 Å². The molecule has 0 aliphatic carbocycles. The van der Waals surface area contributed by atoms with Gasteiger partial charge >= 0.3 is 0 Å². The van der Waals surface area contributed by atoms with Crippen LogP contribution in [0.25, 0.3) is 16.9 Å². The maximum absolute atomic E-state index is 13.7. The van der Waals surface area contributed by atoms with Gasteiger partial charge in [-0.25, -0.2) is 9.67 Å². The molecule has 13 heteroatoms. The van der Waals surface area contributed by atoms with Gasteiger partial charge in [0.2, 0.25) is 0 Å². The Hall–Kier alpha value is -4.60. The molecule has 194 valence electrons. The normalized spacial score (nSPS) is 10.8. The fourth-order valence-corrected chi connectivity index (χ4v) is 4.57. The number of halogens is 2. The number of fused-ring (bicyclic) bond motifs is 1. The highest BCUT2D eigenvalue weighted by Crippen LogP contribution is 2.26. The molecule has 39 heavy (non-hydrogen) atoms. The Morgan fingerprint density at radius 3 is 2.62 bits per heavy atom. The van der Waals surface area contributed by atoms with Crippen molar-refractivity contribution in [2.45, 2.75) is 13.5 Å². The Bertz CT molecular complexity index is 1810. The van der Waals surface area contributed by atoms with Crippen LogP contribution < -0.4 is 10.6 Å². The Balaban J connectivity index is 1.56. The van der Waals surface area contributed by atoms with Gasteiger partial charge in [-0.3, -0.25) is 9.59 Å². The van der Waals surface area contributed by atoms with E-state index in [-0.39, 0.29) is 34.3 Å². The summed E-state index contributed by atoms with van der Waals surface area (Å²) in [6.45, 7) is 1.87. The Morgan fingerprint density at radius 1 is 1.08 bits per heavy atom. The average Bonchev–Trinajstić information content (AvgIpc) is 3.52. The van der Waals surface area contributed by atoms with Crippen LogP contribution in [0.2, 0.25) is 5.02 Å². The SMILES string of the molecule is CNC(=O)c1cc(C#N)cc(C)c1NC(=O)c1cc(Cn2nc3ccc(Br)cc3n2)nn1-c1ncccc1Cl. The van der Waals surface area contributed by atoms with Crippen LogP contribution in [-0.4, -0.2) is 48.6 Å². The van der Waals surface area contributed by atoms with Crippen molar-refractivity contribution in [2.75, 3.05) is 12.4 Å². The van der Waals surface area contributed by atoms with Crippen molar-refractivity contribution in [2.24, 2.45) is 0 Å². The second-order valence-corrected chi connectivity index (χ2v) is 9.79. The quantitative estimate of drug-likeness (QED) is 0.295. The number of hydrogen-bond acceptors (Lipinski definition) is 7. The molecule has 0 spiro atoms. The molecule has 2 aromatic carbocycles. The Morgan fingerprint density at radius 2 is 1.87 bits per heavy atom. The van der Waals surface area contributed by atoms with Crippen LogP contribution in [0.5, 0.6) is 0 Å². The molecule has 0 saturated carbocycles. The predicted molar refractivity (Wildman–Crippen MR) is 148 cm³/mol. The van der Waals surface area contributed by atoms with E-state index >= 15 is 0 Å². The van der Waals surface area contributed by atoms with Gasteiger partial charge in [-0.2, -0.15) is 25.4 Å². The summed E-state index contributed by atoms with van der Waals surface area (Å²) in [6.07, 6.45) is 1.54. The summed E-state index contributed by atoms with van der Waals surface area (Å²) in [5.41, 5.74) is 3.27. The van der Waals surface area contributed by atoms with Crippen molar-refractivity contribution in [3.8, 4) is 11.9 Å². The minimum absolute atomic E-state index is 0.122. The van der Waals surface area contributed by atoms with E-state index in [0.29, 0.717) is 27.9 Å². The number of rotatable bonds is 6. The van der Waals surface area contributed by atoms with Crippen molar-refractivity contribution in [3.63, 3.8) is 0 Å². The molecule has 0 aliphatic rings. The summed E-state index contributed by atoms with van der Waals surface area (Å²) < 4.78 is 2.22. The first-order valence-corrected chi connectivity index (χ1v) is 12.7. The molecule has 3 aromatic heterocycles. The van der Waals surface area contributed by atoms with Gasteiger partial charge in [0, 0.05) is 17.7 Å². The zero-order valence-electron chi connectivity index (χ0n) is 20.6. The highest BCUT2D eigenvalue weighted by atomic mass is 79.9. The second-order valence-electron chi connectivity index (χ2n) is 8.47. The number of benzene rings is 2. The van der Waals surface area contributed by atoms with E-state index in [1.807, 2.05) is 24.3 Å². The number of nitrogens with zero attached hydrogens (tertiary/aromatic N) is 7. The number of carbonyl (C=O) groups is 2. The van der Waals surface area contributed by atoms with Gasteiger partial charge in [-0.05, 0) is 61.0 Å². The lowest BCUT2D eigenvalue weighted by atomic mass is 10.0. The van der Waals surface area contributed by atoms with E-state index in [9.17, 15) is 14.9 Å². The van der Waals surface area contributed by atoms with Crippen molar-refractivity contribution < 1.29 is 9.59 Å². The van der Waals surface area contributed by atoms with Gasteiger partial charge in [0.1, 0.15) is 23.3 Å². The molecule has 0 saturated heterocycles. The lowest BCUT2D eigenvalue weighted by Crippen LogP contribution is -2.24. The first kappa shape index (κ1) is 26.0. The number of carbonyl (C=O) groups excluding carboxylic acids is 2. The third kappa shape index (κ3) is 5.22. The van der Waals surface area contributed by atoms with Crippen LogP contribution >= 0.6 is 27.5 Å². The van der Waals surface area contributed by atoms with Gasteiger partial charge in [0.15, 0.2) is 5.82 Å². The molecule has 11 nitrogen and oxygen atoms in total. The van der Waals surface area contributed by atoms with Gasteiger partial charge in [0.25, 0.3) is 11.8 Å². The summed E-state index contributed by atoms with van der Waals surface area (Å²) in [6, 6.07) is 15.5. The van der Waals surface area contributed by atoms with E-state index in [1.165, 1.54) is 22.6 Å². The fraction of sp³-hybridized carbons (Fsp3) is 0.115. The van der Waals surface area contributed by atoms with Crippen molar-refractivity contribution >= 4 is 56.1 Å². The monoisotopic (exact) mass is 603 g/mol. The van der Waals surface area contributed by atoms with E-state index in [4.69, 9.17) is 11.6 Å². The van der Waals surface area contributed by atoms with Crippen LogP contribution in [0.1, 0.15) is 37.7 Å². The van der Waals surface area contributed by atoms with E-state index in [1.54, 1.807) is 37.4 Å². The molecular weight excluding hydrogens is 586 g/mol. The maximum atomic E-state index is 13.7. The zero-order chi connectivity index (χ0) is 27.7. The first-order chi connectivity index (χ1) is 18.8.